The summed E-state index contributed by atoms with van der Waals surface area (Å²) in [7, 11) is 0. The highest BCUT2D eigenvalue weighted by Crippen LogP contribution is 2.48. The summed E-state index contributed by atoms with van der Waals surface area (Å²) in [6.45, 7) is 1.98. The van der Waals surface area contributed by atoms with Crippen molar-refractivity contribution < 1.29 is 24.2 Å². The van der Waals surface area contributed by atoms with Crippen molar-refractivity contribution in [2.45, 2.75) is 50.7 Å². The monoisotopic (exact) mass is 460 g/mol. The van der Waals surface area contributed by atoms with Crippen LogP contribution in [0.1, 0.15) is 48.8 Å². The third-order valence-corrected chi connectivity index (χ3v) is 6.48. The van der Waals surface area contributed by atoms with Crippen LogP contribution in [-0.4, -0.2) is 49.0 Å². The quantitative estimate of drug-likeness (QED) is 0.561. The number of ether oxygens (including phenoxy) is 1. The lowest BCUT2D eigenvalue weighted by Crippen LogP contribution is -2.47. The standard InChI is InChI=1S/C25H24N4O5/c1-15-3-2-4-16(11-15)22-23(17-5-6-19-26-14-27-29(19)13-17)34-25(24(22)33)9-7-18(8-10-25)28-20(30)12-21(31)32/h2-6,11,13-14,18H,7-10,12H2,1H3,(H,28,30)(H,31,32). The Bertz CT molecular complexity index is 1330. The summed E-state index contributed by atoms with van der Waals surface area (Å²) in [5, 5.41) is 15.8. The maximum Gasteiger partial charge on any atom is 0.312 e. The lowest BCUT2D eigenvalue weighted by Gasteiger charge is -2.36. The van der Waals surface area contributed by atoms with Crippen LogP contribution in [0.4, 0.5) is 0 Å². The van der Waals surface area contributed by atoms with Gasteiger partial charge in [0.2, 0.25) is 11.7 Å². The molecule has 1 spiro atoms. The summed E-state index contributed by atoms with van der Waals surface area (Å²) >= 11 is 0. The van der Waals surface area contributed by atoms with Crippen LogP contribution in [0.25, 0.3) is 17.0 Å². The van der Waals surface area contributed by atoms with Gasteiger partial charge >= 0.3 is 5.97 Å². The Kier molecular flexibility index (Phi) is 5.39. The third kappa shape index (κ3) is 3.93. The predicted octanol–water partition coefficient (Wildman–Crippen LogP) is 2.78. The van der Waals surface area contributed by atoms with E-state index in [1.807, 2.05) is 43.3 Å². The number of aryl methyl sites for hydroxylation is 1. The molecule has 1 aliphatic heterocycles. The highest BCUT2D eigenvalue weighted by atomic mass is 16.5. The van der Waals surface area contributed by atoms with Crippen molar-refractivity contribution in [2.75, 3.05) is 0 Å². The molecule has 3 aromatic rings. The Labute approximate surface area is 195 Å². The van der Waals surface area contributed by atoms with Gasteiger partial charge in [-0.3, -0.25) is 14.4 Å². The van der Waals surface area contributed by atoms with Crippen molar-refractivity contribution in [3.05, 3.63) is 65.6 Å². The van der Waals surface area contributed by atoms with Gasteiger partial charge in [0.25, 0.3) is 0 Å². The van der Waals surface area contributed by atoms with Gasteiger partial charge in [0, 0.05) is 17.8 Å². The van der Waals surface area contributed by atoms with Gasteiger partial charge in [0.1, 0.15) is 18.5 Å². The number of carbonyl (C=O) groups is 3. The fraction of sp³-hybridized carbons (Fsp3) is 0.320. The molecule has 0 saturated heterocycles. The largest absolute Gasteiger partial charge is 0.481 e. The second-order valence-electron chi connectivity index (χ2n) is 8.89. The molecule has 2 N–H and O–H groups in total. The zero-order valence-corrected chi connectivity index (χ0v) is 18.7. The number of benzene rings is 1. The van der Waals surface area contributed by atoms with Gasteiger partial charge in [-0.25, -0.2) is 9.50 Å². The fourth-order valence-electron chi connectivity index (χ4n) is 4.81. The van der Waals surface area contributed by atoms with Crippen molar-refractivity contribution in [3.8, 4) is 0 Å². The number of carbonyl (C=O) groups excluding carboxylic acids is 2. The average Bonchev–Trinajstić information content (AvgIpc) is 3.37. The lowest BCUT2D eigenvalue weighted by atomic mass is 9.77. The first-order valence-electron chi connectivity index (χ1n) is 11.2. The summed E-state index contributed by atoms with van der Waals surface area (Å²) in [5.74, 6) is -1.24. The van der Waals surface area contributed by atoms with Gasteiger partial charge in [0.05, 0.1) is 5.57 Å². The van der Waals surface area contributed by atoms with Crippen LogP contribution in [0.5, 0.6) is 0 Å². The van der Waals surface area contributed by atoms with Crippen molar-refractivity contribution >= 4 is 34.6 Å². The Morgan fingerprint density at radius 1 is 1.21 bits per heavy atom. The van der Waals surface area contributed by atoms with Gasteiger partial charge in [-0.1, -0.05) is 29.8 Å². The molecule has 1 fully saturated rings. The summed E-state index contributed by atoms with van der Waals surface area (Å²) in [6, 6.07) is 11.3. The molecule has 0 bridgehead atoms. The number of aliphatic carboxylic acids is 1. The molecule has 174 valence electrons. The Hall–Kier alpha value is -4.01. The molecule has 1 amide bonds. The Morgan fingerprint density at radius 2 is 2.00 bits per heavy atom. The van der Waals surface area contributed by atoms with Crippen molar-refractivity contribution in [2.24, 2.45) is 0 Å². The predicted molar refractivity (Wildman–Crippen MR) is 122 cm³/mol. The number of carboxylic acids is 1. The zero-order valence-electron chi connectivity index (χ0n) is 18.7. The minimum absolute atomic E-state index is 0.0675. The highest BCUT2D eigenvalue weighted by molar-refractivity contribution is 6.33. The van der Waals surface area contributed by atoms with Crippen LogP contribution in [-0.2, 0) is 19.1 Å². The molecule has 1 saturated carbocycles. The Morgan fingerprint density at radius 3 is 2.74 bits per heavy atom. The first-order chi connectivity index (χ1) is 16.3. The van der Waals surface area contributed by atoms with E-state index >= 15 is 0 Å². The summed E-state index contributed by atoms with van der Waals surface area (Å²) in [4.78, 5) is 40.7. The third-order valence-electron chi connectivity index (χ3n) is 6.48. The number of fused-ring (bicyclic) bond motifs is 1. The van der Waals surface area contributed by atoms with Crippen molar-refractivity contribution in [3.63, 3.8) is 0 Å². The minimum Gasteiger partial charge on any atom is -0.481 e. The van der Waals surface area contributed by atoms with Crippen LogP contribution < -0.4 is 5.32 Å². The number of carboxylic acid groups (broad SMARTS) is 1. The van der Waals surface area contributed by atoms with E-state index in [2.05, 4.69) is 15.4 Å². The maximum absolute atomic E-state index is 13.9. The maximum atomic E-state index is 13.9. The minimum atomic E-state index is -1.17. The smallest absolute Gasteiger partial charge is 0.312 e. The number of amides is 1. The number of aromatic nitrogens is 3. The molecule has 2 aromatic heterocycles. The van der Waals surface area contributed by atoms with Crippen LogP contribution in [0.2, 0.25) is 0 Å². The van der Waals surface area contributed by atoms with E-state index in [-0.39, 0.29) is 11.8 Å². The van der Waals surface area contributed by atoms with Crippen molar-refractivity contribution in [1.82, 2.24) is 19.9 Å². The number of hydrogen-bond donors (Lipinski definition) is 2. The van der Waals surface area contributed by atoms with Crippen LogP contribution in [0.3, 0.4) is 0 Å². The van der Waals surface area contributed by atoms with E-state index in [4.69, 9.17) is 9.84 Å². The highest BCUT2D eigenvalue weighted by Gasteiger charge is 2.51. The van der Waals surface area contributed by atoms with Crippen LogP contribution in [0.15, 0.2) is 48.9 Å². The molecule has 1 aliphatic carbocycles. The molecular formula is C25H24N4O5. The first kappa shape index (κ1) is 21.8. The van der Waals surface area contributed by atoms with Crippen LogP contribution in [0, 0.1) is 6.92 Å². The SMILES string of the molecule is Cc1cccc(C2=C(c3ccc4ncnn4c3)OC3(CCC(NC(=O)CC(=O)O)CC3)C2=O)c1. The van der Waals surface area contributed by atoms with E-state index in [1.54, 1.807) is 10.7 Å². The molecule has 3 heterocycles. The number of nitrogens with zero attached hydrogens (tertiary/aromatic N) is 3. The number of pyridine rings is 1. The summed E-state index contributed by atoms with van der Waals surface area (Å²) in [6.07, 6.45) is 4.60. The fourth-order valence-corrected chi connectivity index (χ4v) is 4.81. The number of ketones is 1. The Balaban J connectivity index is 1.46. The molecule has 34 heavy (non-hydrogen) atoms. The second-order valence-corrected chi connectivity index (χ2v) is 8.89. The lowest BCUT2D eigenvalue weighted by molar-refractivity contribution is -0.141. The average molecular weight is 460 g/mol. The first-order valence-corrected chi connectivity index (χ1v) is 11.2. The second kappa shape index (κ2) is 8.40. The molecule has 1 aromatic carbocycles. The molecule has 5 rings (SSSR count). The van der Waals surface area contributed by atoms with Gasteiger partial charge in [-0.15, -0.1) is 0 Å². The van der Waals surface area contributed by atoms with Gasteiger partial charge in [-0.2, -0.15) is 5.10 Å². The van der Waals surface area contributed by atoms with E-state index in [0.717, 1.165) is 16.7 Å². The van der Waals surface area contributed by atoms with Gasteiger partial charge in [0.15, 0.2) is 11.2 Å². The summed E-state index contributed by atoms with van der Waals surface area (Å²) < 4.78 is 8.14. The van der Waals surface area contributed by atoms with E-state index in [1.165, 1.54) is 6.33 Å². The molecule has 0 atom stereocenters. The van der Waals surface area contributed by atoms with E-state index in [9.17, 15) is 14.4 Å². The van der Waals surface area contributed by atoms with Crippen LogP contribution >= 0.6 is 0 Å². The number of nitrogens with one attached hydrogen (secondary N) is 1. The zero-order chi connectivity index (χ0) is 23.9. The summed E-state index contributed by atoms with van der Waals surface area (Å²) in [5.41, 5.74) is 2.79. The van der Waals surface area contributed by atoms with Gasteiger partial charge in [-0.05, 0) is 50.3 Å². The molecule has 9 nitrogen and oxygen atoms in total. The molecule has 0 unspecified atom stereocenters. The number of Topliss-reactive ketones (excluding diaryl/α,β-unsaturated/α-hetero) is 1. The normalized spacial score (nSPS) is 22.3. The molecule has 9 heteroatoms. The molecule has 0 radical (unpaired) electrons. The number of hydrogen-bond acceptors (Lipinski definition) is 6. The number of rotatable bonds is 5. The van der Waals surface area contributed by atoms with E-state index in [0.29, 0.717) is 42.7 Å². The molecular weight excluding hydrogens is 436 g/mol. The van der Waals surface area contributed by atoms with Crippen molar-refractivity contribution in [1.29, 1.82) is 0 Å². The molecule has 2 aliphatic rings. The van der Waals surface area contributed by atoms with Gasteiger partial charge < -0.3 is 15.2 Å². The van der Waals surface area contributed by atoms with E-state index < -0.39 is 23.9 Å². The topological polar surface area (TPSA) is 123 Å².